The van der Waals surface area contributed by atoms with Crippen molar-refractivity contribution in [2.75, 3.05) is 14.2 Å². The van der Waals surface area contributed by atoms with E-state index in [1.165, 1.54) is 20.2 Å². The number of aromatic nitrogens is 1. The summed E-state index contributed by atoms with van der Waals surface area (Å²) in [4.78, 5) is 39.5. The molecule has 0 unspecified atom stereocenters. The zero-order valence-electron chi connectivity index (χ0n) is 12.8. The molecule has 2 aromatic rings. The Kier molecular flexibility index (Phi) is 3.73. The van der Waals surface area contributed by atoms with Gasteiger partial charge in [-0.15, -0.1) is 0 Å². The van der Waals surface area contributed by atoms with Crippen molar-refractivity contribution in [2.45, 2.75) is 6.92 Å². The fourth-order valence-corrected chi connectivity index (χ4v) is 3.29. The lowest BCUT2D eigenvalue weighted by molar-refractivity contribution is -0.121. The molecule has 23 heavy (non-hydrogen) atoms. The van der Waals surface area contributed by atoms with Gasteiger partial charge in [0, 0.05) is 18.5 Å². The normalized spacial score (nSPS) is 16.7. The van der Waals surface area contributed by atoms with Crippen LogP contribution in [0, 0.1) is 6.92 Å². The fourth-order valence-electron chi connectivity index (χ4n) is 2.48. The van der Waals surface area contributed by atoms with Crippen LogP contribution in [0.2, 0.25) is 0 Å². The lowest BCUT2D eigenvalue weighted by Crippen LogP contribution is -2.22. The van der Waals surface area contributed by atoms with Crippen molar-refractivity contribution in [3.63, 3.8) is 0 Å². The first-order valence-corrected chi connectivity index (χ1v) is 7.66. The van der Waals surface area contributed by atoms with Crippen LogP contribution >= 0.6 is 11.8 Å². The average Bonchev–Trinajstić information content (AvgIpc) is 2.77. The number of amides is 2. The molecule has 0 spiro atoms. The molecule has 0 aliphatic carbocycles. The van der Waals surface area contributed by atoms with Crippen molar-refractivity contribution in [3.05, 3.63) is 44.6 Å². The first-order chi connectivity index (χ1) is 10.9. The predicted octanol–water partition coefficient (Wildman–Crippen LogP) is 2.51. The number of imide groups is 1. The number of H-pyrrole nitrogens is 1. The molecule has 0 atom stereocenters. The van der Waals surface area contributed by atoms with Crippen molar-refractivity contribution >= 4 is 39.9 Å². The maximum atomic E-state index is 12.1. The van der Waals surface area contributed by atoms with Crippen LogP contribution in [-0.4, -0.2) is 35.2 Å². The number of benzene rings is 1. The number of aromatic amines is 1. The van der Waals surface area contributed by atoms with Gasteiger partial charge in [-0.3, -0.25) is 19.3 Å². The summed E-state index contributed by atoms with van der Waals surface area (Å²) in [5.74, 6) is 0.226. The Morgan fingerprint density at radius 2 is 2.00 bits per heavy atom. The number of methoxy groups -OCH3 is 1. The first kappa shape index (κ1) is 15.4. The van der Waals surface area contributed by atoms with Gasteiger partial charge in [0.2, 0.25) is 5.56 Å². The molecule has 3 rings (SSSR count). The number of carbonyl (C=O) groups is 2. The summed E-state index contributed by atoms with van der Waals surface area (Å²) >= 11 is 0.902. The van der Waals surface area contributed by atoms with Gasteiger partial charge in [-0.05, 0) is 48.0 Å². The van der Waals surface area contributed by atoms with Crippen LogP contribution in [0.25, 0.3) is 17.0 Å². The lowest BCUT2D eigenvalue weighted by atomic mass is 10.0. The minimum atomic E-state index is -0.326. The highest BCUT2D eigenvalue weighted by Crippen LogP contribution is 2.35. The van der Waals surface area contributed by atoms with E-state index in [9.17, 15) is 14.4 Å². The van der Waals surface area contributed by atoms with E-state index in [4.69, 9.17) is 4.74 Å². The van der Waals surface area contributed by atoms with Gasteiger partial charge in [-0.2, -0.15) is 0 Å². The van der Waals surface area contributed by atoms with Crippen LogP contribution in [0.3, 0.4) is 0 Å². The number of nitrogens with zero attached hydrogens (tertiary/aromatic N) is 1. The van der Waals surface area contributed by atoms with E-state index in [1.807, 2.05) is 6.92 Å². The lowest BCUT2D eigenvalue weighted by Gasteiger charge is -2.11. The van der Waals surface area contributed by atoms with Gasteiger partial charge >= 0.3 is 0 Å². The molecule has 2 amide bonds. The molecule has 1 aliphatic rings. The maximum Gasteiger partial charge on any atom is 0.293 e. The second-order valence-corrected chi connectivity index (χ2v) is 6.15. The molecule has 1 N–H and O–H groups in total. The summed E-state index contributed by atoms with van der Waals surface area (Å²) < 4.78 is 5.32. The molecule has 118 valence electrons. The van der Waals surface area contributed by atoms with Crippen molar-refractivity contribution in [1.29, 1.82) is 0 Å². The number of aryl methyl sites for hydroxylation is 1. The second-order valence-electron chi connectivity index (χ2n) is 5.16. The molecule has 0 saturated carbocycles. The molecule has 7 heteroatoms. The van der Waals surface area contributed by atoms with Crippen LogP contribution in [0.5, 0.6) is 5.75 Å². The molecule has 1 saturated heterocycles. The van der Waals surface area contributed by atoms with Gasteiger partial charge in [-0.1, -0.05) is 0 Å². The number of pyridine rings is 1. The Bertz CT molecular complexity index is 930. The van der Waals surface area contributed by atoms with Crippen LogP contribution < -0.4 is 10.3 Å². The fraction of sp³-hybridized carbons (Fsp3) is 0.188. The van der Waals surface area contributed by atoms with Gasteiger partial charge in [0.25, 0.3) is 11.1 Å². The topological polar surface area (TPSA) is 79.5 Å². The van der Waals surface area contributed by atoms with Crippen molar-refractivity contribution < 1.29 is 14.3 Å². The summed E-state index contributed by atoms with van der Waals surface area (Å²) in [6, 6.07) is 4.90. The molecule has 0 bridgehead atoms. The largest absolute Gasteiger partial charge is 0.495 e. The number of hydrogen-bond acceptors (Lipinski definition) is 5. The standard InChI is InChI=1S/C16H14N2O4S/c1-8-6-11(22-3)14-9(4-5-13(19)17-14)10(8)7-12-15(20)18(2)16(21)23-12/h4-7H,1-3H3,(H,17,19). The van der Waals surface area contributed by atoms with E-state index in [1.54, 1.807) is 18.2 Å². The SMILES string of the molecule is COc1cc(C)c(C=C2SC(=O)N(C)C2=O)c2ccc(=O)[nH]c12. The number of rotatable bonds is 2. The zero-order chi connectivity index (χ0) is 16.7. The summed E-state index contributed by atoms with van der Waals surface area (Å²) in [6.07, 6.45) is 1.68. The van der Waals surface area contributed by atoms with Gasteiger partial charge in [0.05, 0.1) is 17.5 Å². The van der Waals surface area contributed by atoms with E-state index in [0.29, 0.717) is 16.2 Å². The Hall–Kier alpha value is -2.54. The van der Waals surface area contributed by atoms with Crippen LogP contribution in [0.15, 0.2) is 27.9 Å². The predicted molar refractivity (Wildman–Crippen MR) is 89.6 cm³/mol. The molecule has 1 aromatic carbocycles. The number of nitrogens with one attached hydrogen (secondary N) is 1. The van der Waals surface area contributed by atoms with E-state index in [-0.39, 0.29) is 16.7 Å². The van der Waals surface area contributed by atoms with E-state index in [2.05, 4.69) is 4.98 Å². The summed E-state index contributed by atoms with van der Waals surface area (Å²) in [5, 5.41) is 0.453. The summed E-state index contributed by atoms with van der Waals surface area (Å²) in [5.41, 5.74) is 1.98. The quantitative estimate of drug-likeness (QED) is 0.856. The van der Waals surface area contributed by atoms with E-state index < -0.39 is 0 Å². The molecule has 1 aromatic heterocycles. The van der Waals surface area contributed by atoms with Crippen molar-refractivity contribution in [2.24, 2.45) is 0 Å². The third-order valence-electron chi connectivity index (χ3n) is 3.71. The van der Waals surface area contributed by atoms with Gasteiger partial charge < -0.3 is 9.72 Å². The molecule has 1 fully saturated rings. The van der Waals surface area contributed by atoms with Gasteiger partial charge in [0.1, 0.15) is 5.75 Å². The Balaban J connectivity index is 2.27. The molecular weight excluding hydrogens is 316 g/mol. The minimum Gasteiger partial charge on any atom is -0.495 e. The monoisotopic (exact) mass is 330 g/mol. The average molecular weight is 330 g/mol. The van der Waals surface area contributed by atoms with Gasteiger partial charge in [0.15, 0.2) is 0 Å². The zero-order valence-corrected chi connectivity index (χ0v) is 13.6. The Morgan fingerprint density at radius 1 is 1.26 bits per heavy atom. The number of likely N-dealkylation sites (N-methyl/N-ethyl adjacent to an activating group) is 1. The van der Waals surface area contributed by atoms with Crippen LogP contribution in [-0.2, 0) is 4.79 Å². The summed E-state index contributed by atoms with van der Waals surface area (Å²) in [6.45, 7) is 1.88. The molecular formula is C16H14N2O4S. The van der Waals surface area contributed by atoms with Gasteiger partial charge in [-0.25, -0.2) is 0 Å². The Labute approximate surface area is 136 Å². The first-order valence-electron chi connectivity index (χ1n) is 6.84. The molecule has 1 aliphatic heterocycles. The highest BCUT2D eigenvalue weighted by atomic mass is 32.2. The van der Waals surface area contributed by atoms with E-state index in [0.717, 1.165) is 33.2 Å². The molecule has 6 nitrogen and oxygen atoms in total. The number of thioether (sulfide) groups is 1. The highest BCUT2D eigenvalue weighted by Gasteiger charge is 2.32. The maximum absolute atomic E-state index is 12.1. The number of fused-ring (bicyclic) bond motifs is 1. The third-order valence-corrected chi connectivity index (χ3v) is 4.67. The minimum absolute atomic E-state index is 0.237. The molecule has 2 heterocycles. The molecule has 0 radical (unpaired) electrons. The summed E-state index contributed by atoms with van der Waals surface area (Å²) in [7, 11) is 2.98. The van der Waals surface area contributed by atoms with Crippen LogP contribution in [0.4, 0.5) is 4.79 Å². The smallest absolute Gasteiger partial charge is 0.293 e. The number of hydrogen-bond donors (Lipinski definition) is 1. The third kappa shape index (κ3) is 2.53. The van der Waals surface area contributed by atoms with E-state index >= 15 is 0 Å². The van der Waals surface area contributed by atoms with Crippen LogP contribution in [0.1, 0.15) is 11.1 Å². The van der Waals surface area contributed by atoms with Crippen molar-refractivity contribution in [1.82, 2.24) is 9.88 Å². The Morgan fingerprint density at radius 3 is 2.61 bits per heavy atom. The highest BCUT2D eigenvalue weighted by molar-refractivity contribution is 8.18. The second kappa shape index (κ2) is 5.58. The number of ether oxygens (including phenoxy) is 1. The number of carbonyl (C=O) groups excluding carboxylic acids is 2. The van der Waals surface area contributed by atoms with Crippen molar-refractivity contribution in [3.8, 4) is 5.75 Å².